The standard InChI is InChI=1S/C13H14FN3OS/c1-19-10-4-2-3-9(7-10)12-16-8-11(14)13(17-12)15-5-6-18/h2-4,7-8,18H,5-6H2,1H3,(H,15,16,17). The number of rotatable bonds is 5. The highest BCUT2D eigenvalue weighted by molar-refractivity contribution is 7.98. The number of thioether (sulfide) groups is 1. The first-order valence-corrected chi connectivity index (χ1v) is 6.98. The van der Waals surface area contributed by atoms with Crippen LogP contribution in [0.5, 0.6) is 0 Å². The average molecular weight is 279 g/mol. The Morgan fingerprint density at radius 3 is 3.00 bits per heavy atom. The Balaban J connectivity index is 2.33. The summed E-state index contributed by atoms with van der Waals surface area (Å²) in [6.07, 6.45) is 3.12. The fraction of sp³-hybridized carbons (Fsp3) is 0.231. The number of halogens is 1. The molecule has 2 rings (SSSR count). The van der Waals surface area contributed by atoms with E-state index < -0.39 is 5.82 Å². The molecule has 0 saturated carbocycles. The Morgan fingerprint density at radius 1 is 1.42 bits per heavy atom. The van der Waals surface area contributed by atoms with Gasteiger partial charge >= 0.3 is 0 Å². The Hall–Kier alpha value is -1.66. The normalized spacial score (nSPS) is 10.5. The molecular formula is C13H14FN3OS. The summed E-state index contributed by atoms with van der Waals surface area (Å²) >= 11 is 1.62. The van der Waals surface area contributed by atoms with E-state index in [-0.39, 0.29) is 19.0 Å². The minimum Gasteiger partial charge on any atom is -0.395 e. The van der Waals surface area contributed by atoms with Crippen molar-refractivity contribution in [1.82, 2.24) is 9.97 Å². The highest BCUT2D eigenvalue weighted by atomic mass is 32.2. The first kappa shape index (κ1) is 13.8. The molecule has 19 heavy (non-hydrogen) atoms. The third-order valence-corrected chi connectivity index (χ3v) is 3.20. The third kappa shape index (κ3) is 3.42. The highest BCUT2D eigenvalue weighted by Gasteiger charge is 2.08. The van der Waals surface area contributed by atoms with Crippen molar-refractivity contribution in [2.24, 2.45) is 0 Å². The molecule has 1 aromatic carbocycles. The molecule has 0 amide bonds. The van der Waals surface area contributed by atoms with Crippen molar-refractivity contribution in [2.45, 2.75) is 4.90 Å². The van der Waals surface area contributed by atoms with Crippen molar-refractivity contribution in [3.8, 4) is 11.4 Å². The van der Waals surface area contributed by atoms with Crippen molar-refractivity contribution < 1.29 is 9.50 Å². The Labute approximate surface area is 115 Å². The van der Waals surface area contributed by atoms with Crippen LogP contribution in [-0.2, 0) is 0 Å². The number of nitrogens with zero attached hydrogens (tertiary/aromatic N) is 2. The van der Waals surface area contributed by atoms with E-state index in [0.29, 0.717) is 5.82 Å². The minimum atomic E-state index is -0.529. The van der Waals surface area contributed by atoms with Crippen LogP contribution >= 0.6 is 11.8 Å². The maximum atomic E-state index is 13.5. The number of hydrogen-bond acceptors (Lipinski definition) is 5. The first-order valence-electron chi connectivity index (χ1n) is 5.76. The molecule has 0 aliphatic rings. The second-order valence-electron chi connectivity index (χ2n) is 3.77. The number of aromatic nitrogens is 2. The van der Waals surface area contributed by atoms with E-state index in [9.17, 15) is 4.39 Å². The van der Waals surface area contributed by atoms with Crippen molar-refractivity contribution in [3.05, 3.63) is 36.3 Å². The van der Waals surface area contributed by atoms with Crippen molar-refractivity contribution in [2.75, 3.05) is 24.7 Å². The molecule has 4 nitrogen and oxygen atoms in total. The van der Waals surface area contributed by atoms with Crippen LogP contribution in [0.2, 0.25) is 0 Å². The fourth-order valence-corrected chi connectivity index (χ4v) is 2.03. The van der Waals surface area contributed by atoms with Crippen LogP contribution in [0.4, 0.5) is 10.2 Å². The van der Waals surface area contributed by atoms with Gasteiger partial charge in [-0.25, -0.2) is 14.4 Å². The van der Waals surface area contributed by atoms with Crippen LogP contribution in [0.1, 0.15) is 0 Å². The van der Waals surface area contributed by atoms with Crippen molar-refractivity contribution in [3.63, 3.8) is 0 Å². The Bertz CT molecular complexity index is 565. The molecule has 2 N–H and O–H groups in total. The Morgan fingerprint density at radius 2 is 2.26 bits per heavy atom. The first-order chi connectivity index (χ1) is 9.24. The summed E-state index contributed by atoms with van der Waals surface area (Å²) in [5.74, 6) is 0.0320. The van der Waals surface area contributed by atoms with E-state index in [1.54, 1.807) is 11.8 Å². The van der Waals surface area contributed by atoms with Gasteiger partial charge in [0.1, 0.15) is 0 Å². The van der Waals surface area contributed by atoms with E-state index in [4.69, 9.17) is 5.11 Å². The molecule has 0 unspecified atom stereocenters. The zero-order chi connectivity index (χ0) is 13.7. The molecule has 0 bridgehead atoms. The molecular weight excluding hydrogens is 265 g/mol. The van der Waals surface area contributed by atoms with Crippen molar-refractivity contribution >= 4 is 17.6 Å². The smallest absolute Gasteiger partial charge is 0.183 e. The van der Waals surface area contributed by atoms with E-state index in [0.717, 1.165) is 16.7 Å². The number of anilines is 1. The zero-order valence-corrected chi connectivity index (χ0v) is 11.2. The molecule has 0 fully saturated rings. The van der Waals surface area contributed by atoms with Crippen LogP contribution < -0.4 is 5.32 Å². The lowest BCUT2D eigenvalue weighted by Crippen LogP contribution is -2.09. The molecule has 0 aliphatic carbocycles. The van der Waals surface area contributed by atoms with E-state index >= 15 is 0 Å². The molecule has 0 aliphatic heterocycles. The van der Waals surface area contributed by atoms with E-state index in [1.807, 2.05) is 30.5 Å². The van der Waals surface area contributed by atoms with Gasteiger partial charge in [-0.2, -0.15) is 0 Å². The third-order valence-electron chi connectivity index (χ3n) is 2.48. The van der Waals surface area contributed by atoms with Crippen molar-refractivity contribution in [1.29, 1.82) is 0 Å². The van der Waals surface area contributed by atoms with Crippen LogP contribution in [0.15, 0.2) is 35.4 Å². The number of hydrogen-bond donors (Lipinski definition) is 2. The van der Waals surface area contributed by atoms with Gasteiger partial charge in [0.2, 0.25) is 0 Å². The van der Waals surface area contributed by atoms with Crippen LogP contribution in [-0.4, -0.2) is 34.5 Å². The number of aliphatic hydroxyl groups is 1. The van der Waals surface area contributed by atoms with Gasteiger partial charge in [-0.15, -0.1) is 11.8 Å². The van der Waals surface area contributed by atoms with Gasteiger partial charge < -0.3 is 10.4 Å². The van der Waals surface area contributed by atoms with Crippen LogP contribution in [0.25, 0.3) is 11.4 Å². The van der Waals surface area contributed by atoms with Gasteiger partial charge in [-0.3, -0.25) is 0 Å². The molecule has 0 atom stereocenters. The maximum Gasteiger partial charge on any atom is 0.183 e. The predicted molar refractivity (Wildman–Crippen MR) is 74.8 cm³/mol. The summed E-state index contributed by atoms with van der Waals surface area (Å²) in [5.41, 5.74) is 0.832. The van der Waals surface area contributed by atoms with Gasteiger partial charge in [0.25, 0.3) is 0 Å². The molecule has 1 heterocycles. The van der Waals surface area contributed by atoms with Gasteiger partial charge in [0.05, 0.1) is 12.8 Å². The SMILES string of the molecule is CSc1cccc(-c2ncc(F)c(NCCO)n2)c1. The van der Waals surface area contributed by atoms with Gasteiger partial charge in [-0.1, -0.05) is 12.1 Å². The summed E-state index contributed by atoms with van der Waals surface area (Å²) in [6.45, 7) is 0.166. The molecule has 6 heteroatoms. The van der Waals surface area contributed by atoms with Crippen LogP contribution in [0.3, 0.4) is 0 Å². The predicted octanol–water partition coefficient (Wildman–Crippen LogP) is 2.41. The van der Waals surface area contributed by atoms with Gasteiger partial charge in [0, 0.05) is 17.0 Å². The van der Waals surface area contributed by atoms with E-state index in [1.165, 1.54) is 0 Å². The number of benzene rings is 1. The highest BCUT2D eigenvalue weighted by Crippen LogP contribution is 2.23. The zero-order valence-electron chi connectivity index (χ0n) is 10.4. The van der Waals surface area contributed by atoms with E-state index in [2.05, 4.69) is 15.3 Å². The fourth-order valence-electron chi connectivity index (χ4n) is 1.57. The van der Waals surface area contributed by atoms with Crippen LogP contribution in [0, 0.1) is 5.82 Å². The van der Waals surface area contributed by atoms with Gasteiger partial charge in [0.15, 0.2) is 17.5 Å². The quantitative estimate of drug-likeness (QED) is 0.823. The monoisotopic (exact) mass is 279 g/mol. The molecule has 0 saturated heterocycles. The second kappa shape index (κ2) is 6.49. The lowest BCUT2D eigenvalue weighted by atomic mass is 10.2. The molecule has 0 radical (unpaired) electrons. The lowest BCUT2D eigenvalue weighted by molar-refractivity contribution is 0.310. The minimum absolute atomic E-state index is 0.0826. The lowest BCUT2D eigenvalue weighted by Gasteiger charge is -2.07. The van der Waals surface area contributed by atoms with Gasteiger partial charge in [-0.05, 0) is 18.4 Å². The average Bonchev–Trinajstić information content (AvgIpc) is 2.46. The molecule has 0 spiro atoms. The Kier molecular flexibility index (Phi) is 4.70. The summed E-state index contributed by atoms with van der Waals surface area (Å²) in [7, 11) is 0. The summed E-state index contributed by atoms with van der Waals surface area (Å²) in [5, 5.41) is 11.5. The number of nitrogens with one attached hydrogen (secondary N) is 1. The molecule has 1 aromatic heterocycles. The topological polar surface area (TPSA) is 58.0 Å². The summed E-state index contributed by atoms with van der Waals surface area (Å²) in [6, 6.07) is 7.73. The maximum absolute atomic E-state index is 13.5. The summed E-state index contributed by atoms with van der Waals surface area (Å²) in [4.78, 5) is 9.23. The number of aliphatic hydroxyl groups excluding tert-OH is 1. The summed E-state index contributed by atoms with van der Waals surface area (Å²) < 4.78 is 13.5. The largest absolute Gasteiger partial charge is 0.395 e. The second-order valence-corrected chi connectivity index (χ2v) is 4.65. The molecule has 100 valence electrons. The molecule has 2 aromatic rings.